The number of carbonyl (C=O) groups is 1. The summed E-state index contributed by atoms with van der Waals surface area (Å²) in [5.74, 6) is -0.142. The summed E-state index contributed by atoms with van der Waals surface area (Å²) < 4.78 is 11.2. The van der Waals surface area contributed by atoms with Crippen molar-refractivity contribution in [2.24, 2.45) is 0 Å². The van der Waals surface area contributed by atoms with E-state index < -0.39 is 11.6 Å². The maximum Gasteiger partial charge on any atom is 0.344 e. The second-order valence-electron chi connectivity index (χ2n) is 4.42. The maximum atomic E-state index is 11.9. The second-order valence-corrected chi connectivity index (χ2v) is 5.23. The van der Waals surface area contributed by atoms with Gasteiger partial charge in [-0.1, -0.05) is 0 Å². The van der Waals surface area contributed by atoms with E-state index in [0.29, 0.717) is 16.8 Å². The molecule has 0 aliphatic carbocycles. The Hall–Kier alpha value is -1.10. The molecule has 4 nitrogen and oxygen atoms in total. The van der Waals surface area contributed by atoms with Crippen LogP contribution in [-0.4, -0.2) is 23.2 Å². The number of aromatic nitrogens is 1. The van der Waals surface area contributed by atoms with Crippen LogP contribution in [0.1, 0.15) is 38.1 Å². The molecule has 0 amide bonds. The normalized spacial score (nSPS) is 11.1. The van der Waals surface area contributed by atoms with Gasteiger partial charge in [-0.25, -0.2) is 9.78 Å². The molecule has 17 heavy (non-hydrogen) atoms. The predicted octanol–water partition coefficient (Wildman–Crippen LogP) is 3.20. The lowest BCUT2D eigenvalue weighted by Crippen LogP contribution is -2.24. The number of pyridine rings is 1. The molecule has 0 fully saturated rings. The van der Waals surface area contributed by atoms with Gasteiger partial charge < -0.3 is 9.47 Å². The van der Waals surface area contributed by atoms with Crippen LogP contribution in [0.4, 0.5) is 0 Å². The Labute approximate surface area is 109 Å². The molecular formula is C12H16BrNO3. The van der Waals surface area contributed by atoms with Crippen molar-refractivity contribution >= 4 is 21.9 Å². The van der Waals surface area contributed by atoms with Gasteiger partial charge in [0.25, 0.3) is 0 Å². The smallest absolute Gasteiger partial charge is 0.344 e. The standard InChI is InChI=1S/C12H16BrNO3/c1-5-16-10-8(6-7-9(13)14-10)11(15)17-12(2,3)4/h6-7H,5H2,1-4H3. The Morgan fingerprint density at radius 1 is 1.41 bits per heavy atom. The Morgan fingerprint density at radius 3 is 2.59 bits per heavy atom. The van der Waals surface area contributed by atoms with Gasteiger partial charge in [0.1, 0.15) is 15.8 Å². The Kier molecular flexibility index (Phi) is 4.51. The van der Waals surface area contributed by atoms with Crippen LogP contribution in [0.3, 0.4) is 0 Å². The Bertz CT molecular complexity index is 413. The maximum absolute atomic E-state index is 11.9. The van der Waals surface area contributed by atoms with Crippen LogP contribution < -0.4 is 4.74 Å². The number of hydrogen-bond acceptors (Lipinski definition) is 4. The van der Waals surface area contributed by atoms with Crippen molar-refractivity contribution in [1.29, 1.82) is 0 Å². The summed E-state index contributed by atoms with van der Waals surface area (Å²) in [5, 5.41) is 0. The number of ether oxygens (including phenoxy) is 2. The monoisotopic (exact) mass is 301 g/mol. The summed E-state index contributed by atoms with van der Waals surface area (Å²) in [7, 11) is 0. The van der Waals surface area contributed by atoms with Gasteiger partial charge in [-0.15, -0.1) is 0 Å². The molecule has 1 aromatic heterocycles. The van der Waals surface area contributed by atoms with Gasteiger partial charge in [0.2, 0.25) is 5.88 Å². The molecule has 0 radical (unpaired) electrons. The molecule has 0 atom stereocenters. The lowest BCUT2D eigenvalue weighted by molar-refractivity contribution is 0.00651. The topological polar surface area (TPSA) is 48.4 Å². The molecule has 0 unspecified atom stereocenters. The van der Waals surface area contributed by atoms with Gasteiger partial charge in [-0.05, 0) is 55.8 Å². The van der Waals surface area contributed by atoms with E-state index in [1.807, 2.05) is 27.7 Å². The minimum Gasteiger partial charge on any atom is -0.477 e. The third-order valence-corrected chi connectivity index (χ3v) is 2.17. The summed E-state index contributed by atoms with van der Waals surface area (Å²) in [5.41, 5.74) is -0.196. The summed E-state index contributed by atoms with van der Waals surface area (Å²) in [6.07, 6.45) is 0. The van der Waals surface area contributed by atoms with E-state index >= 15 is 0 Å². The van der Waals surface area contributed by atoms with Crippen molar-refractivity contribution < 1.29 is 14.3 Å². The van der Waals surface area contributed by atoms with Crippen molar-refractivity contribution in [1.82, 2.24) is 4.98 Å². The lowest BCUT2D eigenvalue weighted by Gasteiger charge is -2.20. The van der Waals surface area contributed by atoms with Gasteiger partial charge in [0, 0.05) is 0 Å². The first-order chi connectivity index (χ1) is 7.83. The van der Waals surface area contributed by atoms with Gasteiger partial charge in [-0.2, -0.15) is 0 Å². The summed E-state index contributed by atoms with van der Waals surface area (Å²) in [6, 6.07) is 3.32. The summed E-state index contributed by atoms with van der Waals surface area (Å²) in [6.45, 7) is 7.73. The molecule has 1 aromatic rings. The molecule has 5 heteroatoms. The van der Waals surface area contributed by atoms with E-state index in [2.05, 4.69) is 20.9 Å². The zero-order chi connectivity index (χ0) is 13.1. The van der Waals surface area contributed by atoms with Crippen molar-refractivity contribution in [3.05, 3.63) is 22.3 Å². The molecule has 0 aromatic carbocycles. The van der Waals surface area contributed by atoms with E-state index in [-0.39, 0.29) is 5.88 Å². The van der Waals surface area contributed by atoms with E-state index in [4.69, 9.17) is 9.47 Å². The van der Waals surface area contributed by atoms with Gasteiger partial charge in [-0.3, -0.25) is 0 Å². The molecule has 0 aliphatic rings. The summed E-state index contributed by atoms with van der Waals surface area (Å²) in [4.78, 5) is 16.0. The van der Waals surface area contributed by atoms with E-state index in [9.17, 15) is 4.79 Å². The van der Waals surface area contributed by atoms with Crippen molar-refractivity contribution in [2.75, 3.05) is 6.61 Å². The molecule has 0 saturated heterocycles. The highest BCUT2D eigenvalue weighted by Crippen LogP contribution is 2.22. The Morgan fingerprint density at radius 2 is 2.06 bits per heavy atom. The first kappa shape index (κ1) is 14.0. The number of carbonyl (C=O) groups excluding carboxylic acids is 1. The minimum atomic E-state index is -0.534. The molecule has 94 valence electrons. The van der Waals surface area contributed by atoms with Crippen LogP contribution in [0.25, 0.3) is 0 Å². The van der Waals surface area contributed by atoms with Crippen LogP contribution in [-0.2, 0) is 4.74 Å². The van der Waals surface area contributed by atoms with Crippen LogP contribution in [0.5, 0.6) is 5.88 Å². The highest BCUT2D eigenvalue weighted by atomic mass is 79.9. The average molecular weight is 302 g/mol. The molecule has 0 saturated carbocycles. The van der Waals surface area contributed by atoms with Gasteiger partial charge >= 0.3 is 5.97 Å². The van der Waals surface area contributed by atoms with Gasteiger partial charge in [0.05, 0.1) is 6.61 Å². The first-order valence-corrected chi connectivity index (χ1v) is 6.15. The fourth-order valence-electron chi connectivity index (χ4n) is 1.15. The van der Waals surface area contributed by atoms with Crippen molar-refractivity contribution in [3.63, 3.8) is 0 Å². The number of rotatable bonds is 3. The number of nitrogens with zero attached hydrogens (tertiary/aromatic N) is 1. The molecule has 0 N–H and O–H groups in total. The molecule has 0 bridgehead atoms. The van der Waals surface area contributed by atoms with Crippen LogP contribution in [0.15, 0.2) is 16.7 Å². The number of hydrogen-bond donors (Lipinski definition) is 0. The third kappa shape index (κ3) is 4.34. The zero-order valence-electron chi connectivity index (χ0n) is 10.4. The molecule has 0 spiro atoms. The molecule has 0 aliphatic heterocycles. The first-order valence-electron chi connectivity index (χ1n) is 5.36. The van der Waals surface area contributed by atoms with Crippen molar-refractivity contribution in [3.8, 4) is 5.88 Å². The molecular weight excluding hydrogens is 286 g/mol. The van der Waals surface area contributed by atoms with Crippen LogP contribution >= 0.6 is 15.9 Å². The lowest BCUT2D eigenvalue weighted by atomic mass is 10.2. The quantitative estimate of drug-likeness (QED) is 0.635. The number of halogens is 1. The van der Waals surface area contributed by atoms with E-state index in [1.54, 1.807) is 12.1 Å². The highest BCUT2D eigenvalue weighted by molar-refractivity contribution is 9.10. The minimum absolute atomic E-state index is 0.288. The Balaban J connectivity index is 3.00. The number of esters is 1. The predicted molar refractivity (Wildman–Crippen MR) is 68.3 cm³/mol. The zero-order valence-corrected chi connectivity index (χ0v) is 12.0. The fraction of sp³-hybridized carbons (Fsp3) is 0.500. The van der Waals surface area contributed by atoms with Crippen LogP contribution in [0, 0.1) is 0 Å². The van der Waals surface area contributed by atoms with Gasteiger partial charge in [0.15, 0.2) is 0 Å². The van der Waals surface area contributed by atoms with Crippen molar-refractivity contribution in [2.45, 2.75) is 33.3 Å². The van der Waals surface area contributed by atoms with Crippen LogP contribution in [0.2, 0.25) is 0 Å². The fourth-order valence-corrected chi connectivity index (χ4v) is 1.45. The average Bonchev–Trinajstić information content (AvgIpc) is 2.15. The van der Waals surface area contributed by atoms with E-state index in [1.165, 1.54) is 0 Å². The second kappa shape index (κ2) is 5.49. The van der Waals surface area contributed by atoms with E-state index in [0.717, 1.165) is 0 Å². The third-order valence-electron chi connectivity index (χ3n) is 1.73. The SMILES string of the molecule is CCOc1nc(Br)ccc1C(=O)OC(C)(C)C. The molecule has 1 heterocycles. The summed E-state index contributed by atoms with van der Waals surface area (Å²) >= 11 is 3.23. The largest absolute Gasteiger partial charge is 0.477 e. The highest BCUT2D eigenvalue weighted by Gasteiger charge is 2.22. The molecule has 1 rings (SSSR count).